The first kappa shape index (κ1) is 12.7. The molecule has 0 saturated carbocycles. The molecule has 0 aliphatic carbocycles. The molecule has 0 radical (unpaired) electrons. The van der Waals surface area contributed by atoms with Crippen molar-refractivity contribution in [1.29, 1.82) is 0 Å². The average Bonchev–Trinajstić information content (AvgIpc) is 2.05. The number of carboxylic acid groups (broad SMARTS) is 1. The molecule has 60 valence electrons. The Kier molecular flexibility index (Phi) is 6.62. The van der Waals surface area contributed by atoms with Crippen LogP contribution >= 0.6 is 0 Å². The van der Waals surface area contributed by atoms with E-state index < -0.39 is 11.9 Å². The second-order valence-electron chi connectivity index (χ2n) is 2.47. The first-order chi connectivity index (χ1) is 5.22. The molecule has 0 heterocycles. The van der Waals surface area contributed by atoms with Crippen LogP contribution < -0.4 is 0 Å². The molecule has 0 spiro atoms. The van der Waals surface area contributed by atoms with Crippen LogP contribution in [0.2, 0.25) is 0 Å². The standard InChI is InChI=1S/C9H10O2.Cs.H/c1-7(9(10)11)8-5-3-2-4-6-8;;/h2-7H,1H3,(H,10,11);;. The number of rotatable bonds is 2. The van der Waals surface area contributed by atoms with E-state index in [0.717, 1.165) is 5.56 Å². The normalized spacial score (nSPS) is 11.4. The summed E-state index contributed by atoms with van der Waals surface area (Å²) in [5, 5.41) is 8.64. The second kappa shape index (κ2) is 6.23. The molecule has 1 aromatic rings. The average molecular weight is 284 g/mol. The summed E-state index contributed by atoms with van der Waals surface area (Å²) in [4.78, 5) is 10.5. The fourth-order valence-electron chi connectivity index (χ4n) is 0.884. The minimum atomic E-state index is -0.781. The minimum absolute atomic E-state index is 0. The van der Waals surface area contributed by atoms with Gasteiger partial charge in [-0.3, -0.25) is 4.79 Å². The summed E-state index contributed by atoms with van der Waals surface area (Å²) < 4.78 is 0. The fraction of sp³-hybridized carbons (Fsp3) is 0.222. The van der Waals surface area contributed by atoms with Crippen molar-refractivity contribution in [3.63, 3.8) is 0 Å². The molecule has 0 aliphatic heterocycles. The van der Waals surface area contributed by atoms with Crippen molar-refractivity contribution in [2.75, 3.05) is 0 Å². The van der Waals surface area contributed by atoms with Gasteiger partial charge in [0.2, 0.25) is 0 Å². The molecule has 3 heteroatoms. The van der Waals surface area contributed by atoms with E-state index in [4.69, 9.17) is 5.11 Å². The van der Waals surface area contributed by atoms with Gasteiger partial charge in [-0.2, -0.15) is 0 Å². The number of hydrogen-bond acceptors (Lipinski definition) is 1. The molecule has 1 atom stereocenters. The Balaban J connectivity index is 0.00000121. The molecule has 0 aromatic heterocycles. The van der Waals surface area contributed by atoms with Gasteiger partial charge in [-0.25, -0.2) is 0 Å². The summed E-state index contributed by atoms with van der Waals surface area (Å²) in [5.41, 5.74) is 0.847. The molecule has 1 aromatic carbocycles. The molecule has 1 unspecified atom stereocenters. The van der Waals surface area contributed by atoms with Gasteiger partial charge < -0.3 is 5.11 Å². The number of benzene rings is 1. The van der Waals surface area contributed by atoms with Crippen LogP contribution in [0.15, 0.2) is 30.3 Å². The van der Waals surface area contributed by atoms with Crippen LogP contribution in [-0.2, 0) is 4.79 Å². The Morgan fingerprint density at radius 3 is 2.25 bits per heavy atom. The van der Waals surface area contributed by atoms with E-state index in [2.05, 4.69) is 0 Å². The van der Waals surface area contributed by atoms with Crippen molar-refractivity contribution < 1.29 is 9.90 Å². The molecule has 1 rings (SSSR count). The predicted octanol–water partition coefficient (Wildman–Crippen LogP) is 1.23. The van der Waals surface area contributed by atoms with Crippen LogP contribution in [0.25, 0.3) is 0 Å². The summed E-state index contributed by atoms with van der Waals surface area (Å²) in [6.45, 7) is 1.68. The third kappa shape index (κ3) is 3.64. The second-order valence-corrected chi connectivity index (χ2v) is 2.47. The molecule has 12 heavy (non-hydrogen) atoms. The van der Waals surface area contributed by atoms with Gasteiger partial charge in [0.15, 0.2) is 0 Å². The van der Waals surface area contributed by atoms with Gasteiger partial charge in [0.05, 0.1) is 5.92 Å². The van der Waals surface area contributed by atoms with Gasteiger partial charge in [-0.15, -0.1) is 0 Å². The third-order valence-electron chi connectivity index (χ3n) is 1.67. The summed E-state index contributed by atoms with van der Waals surface area (Å²) in [7, 11) is 0. The summed E-state index contributed by atoms with van der Waals surface area (Å²) in [6.07, 6.45) is 0. The van der Waals surface area contributed by atoms with Crippen LogP contribution in [0.1, 0.15) is 18.4 Å². The third-order valence-corrected chi connectivity index (χ3v) is 1.67. The molecular weight excluding hydrogens is 273 g/mol. The summed E-state index contributed by atoms with van der Waals surface area (Å²) >= 11 is 0. The number of carboxylic acids is 1. The van der Waals surface area contributed by atoms with Gasteiger partial charge in [-0.05, 0) is 12.5 Å². The molecule has 0 aliphatic rings. The molecular formula is C9H11CsO2. The van der Waals surface area contributed by atoms with Crippen molar-refractivity contribution >= 4 is 74.9 Å². The van der Waals surface area contributed by atoms with Gasteiger partial charge in [0.25, 0.3) is 0 Å². The number of hydrogen-bond donors (Lipinski definition) is 1. The van der Waals surface area contributed by atoms with Gasteiger partial charge >= 0.3 is 74.9 Å². The monoisotopic (exact) mass is 284 g/mol. The summed E-state index contributed by atoms with van der Waals surface area (Å²) in [5.74, 6) is -1.19. The summed E-state index contributed by atoms with van der Waals surface area (Å²) in [6, 6.07) is 9.19. The molecule has 1 N–H and O–H groups in total. The van der Waals surface area contributed by atoms with Crippen LogP contribution in [0.5, 0.6) is 0 Å². The number of carbonyl (C=O) groups is 1. The van der Waals surface area contributed by atoms with Crippen LogP contribution in [0.4, 0.5) is 0 Å². The van der Waals surface area contributed by atoms with Gasteiger partial charge in [0.1, 0.15) is 0 Å². The molecule has 2 nitrogen and oxygen atoms in total. The van der Waals surface area contributed by atoms with Gasteiger partial charge in [-0.1, -0.05) is 30.3 Å². The van der Waals surface area contributed by atoms with Crippen LogP contribution in [-0.4, -0.2) is 80.0 Å². The van der Waals surface area contributed by atoms with Crippen molar-refractivity contribution in [2.45, 2.75) is 12.8 Å². The zero-order valence-electron chi connectivity index (χ0n) is 6.32. The first-order valence-electron chi connectivity index (χ1n) is 3.49. The van der Waals surface area contributed by atoms with Crippen molar-refractivity contribution in [3.05, 3.63) is 35.9 Å². The molecule has 0 saturated heterocycles. The Bertz CT molecular complexity index is 246. The van der Waals surface area contributed by atoms with Gasteiger partial charge in [0, 0.05) is 0 Å². The maximum absolute atomic E-state index is 10.5. The van der Waals surface area contributed by atoms with E-state index >= 15 is 0 Å². The fourth-order valence-corrected chi connectivity index (χ4v) is 0.884. The van der Waals surface area contributed by atoms with Crippen molar-refractivity contribution in [2.24, 2.45) is 0 Å². The van der Waals surface area contributed by atoms with E-state index in [1.807, 2.05) is 30.3 Å². The van der Waals surface area contributed by atoms with E-state index in [-0.39, 0.29) is 68.9 Å². The Morgan fingerprint density at radius 2 is 1.83 bits per heavy atom. The Hall–Kier alpha value is 0.742. The first-order valence-corrected chi connectivity index (χ1v) is 3.49. The van der Waals surface area contributed by atoms with Crippen molar-refractivity contribution in [1.82, 2.24) is 0 Å². The maximum atomic E-state index is 10.5. The molecule has 0 bridgehead atoms. The quantitative estimate of drug-likeness (QED) is 0.886. The zero-order chi connectivity index (χ0) is 8.27. The van der Waals surface area contributed by atoms with E-state index in [9.17, 15) is 4.79 Å². The van der Waals surface area contributed by atoms with Crippen LogP contribution in [0, 0.1) is 0 Å². The van der Waals surface area contributed by atoms with E-state index in [1.165, 1.54) is 0 Å². The number of aliphatic carboxylic acids is 1. The van der Waals surface area contributed by atoms with Crippen molar-refractivity contribution in [3.8, 4) is 0 Å². The van der Waals surface area contributed by atoms with Crippen LogP contribution in [0.3, 0.4) is 0 Å². The molecule has 0 fully saturated rings. The Labute approximate surface area is 131 Å². The SMILES string of the molecule is CC(C(=O)O)c1ccccc1.[CsH]. The zero-order valence-corrected chi connectivity index (χ0v) is 6.32. The Morgan fingerprint density at radius 1 is 1.33 bits per heavy atom. The van der Waals surface area contributed by atoms with E-state index in [1.54, 1.807) is 6.92 Å². The predicted molar refractivity (Wildman–Crippen MR) is 49.6 cm³/mol. The topological polar surface area (TPSA) is 37.3 Å². The molecule has 0 amide bonds. The van der Waals surface area contributed by atoms with E-state index in [0.29, 0.717) is 0 Å².